The first kappa shape index (κ1) is 12.5. The Morgan fingerprint density at radius 1 is 1.65 bits per heavy atom. The summed E-state index contributed by atoms with van der Waals surface area (Å²) in [6.07, 6.45) is 3.82. The minimum Gasteiger partial charge on any atom is -0.382 e. The van der Waals surface area contributed by atoms with Crippen molar-refractivity contribution in [3.05, 3.63) is 18.2 Å². The molecule has 1 atom stereocenters. The Kier molecular flexibility index (Phi) is 3.81. The predicted octanol–water partition coefficient (Wildman–Crippen LogP) is 0.925. The minimum atomic E-state index is -0.110. The van der Waals surface area contributed by atoms with Gasteiger partial charge in [-0.25, -0.2) is 4.98 Å². The van der Waals surface area contributed by atoms with Gasteiger partial charge >= 0.3 is 0 Å². The van der Waals surface area contributed by atoms with Gasteiger partial charge in [-0.15, -0.1) is 0 Å². The van der Waals surface area contributed by atoms with Gasteiger partial charge in [-0.1, -0.05) is 0 Å². The van der Waals surface area contributed by atoms with Crippen LogP contribution in [0.5, 0.6) is 0 Å². The average molecular weight is 239 g/mol. The quantitative estimate of drug-likeness (QED) is 0.849. The van der Waals surface area contributed by atoms with E-state index >= 15 is 0 Å². The summed E-state index contributed by atoms with van der Waals surface area (Å²) in [6.45, 7) is 7.44. The van der Waals surface area contributed by atoms with Crippen LogP contribution in [0.3, 0.4) is 0 Å². The van der Waals surface area contributed by atoms with Crippen molar-refractivity contribution in [2.75, 3.05) is 33.4 Å². The van der Waals surface area contributed by atoms with Gasteiger partial charge in [0.1, 0.15) is 6.10 Å². The fourth-order valence-electron chi connectivity index (χ4n) is 2.23. The summed E-state index contributed by atoms with van der Waals surface area (Å²) in [4.78, 5) is 4.25. The molecule has 17 heavy (non-hydrogen) atoms. The molecule has 1 fully saturated rings. The molecule has 0 bridgehead atoms. The molecule has 1 saturated heterocycles. The van der Waals surface area contributed by atoms with E-state index < -0.39 is 0 Å². The molecule has 0 aromatic carbocycles. The van der Waals surface area contributed by atoms with E-state index in [1.54, 1.807) is 7.11 Å². The number of hydrogen-bond donors (Lipinski definition) is 1. The fourth-order valence-corrected chi connectivity index (χ4v) is 2.23. The molecule has 0 radical (unpaired) electrons. The van der Waals surface area contributed by atoms with Crippen molar-refractivity contribution in [2.24, 2.45) is 0 Å². The number of nitrogens with one attached hydrogen (secondary N) is 1. The van der Waals surface area contributed by atoms with Crippen molar-refractivity contribution < 1.29 is 9.47 Å². The molecule has 2 heterocycles. The largest absolute Gasteiger partial charge is 0.382 e. The number of imidazole rings is 1. The lowest BCUT2D eigenvalue weighted by atomic mass is 10.1. The van der Waals surface area contributed by atoms with E-state index in [-0.39, 0.29) is 11.6 Å². The van der Waals surface area contributed by atoms with E-state index in [9.17, 15) is 0 Å². The second kappa shape index (κ2) is 5.16. The molecule has 1 unspecified atom stereocenters. The van der Waals surface area contributed by atoms with Crippen LogP contribution in [0, 0.1) is 0 Å². The van der Waals surface area contributed by atoms with Gasteiger partial charge in [0, 0.05) is 20.2 Å². The van der Waals surface area contributed by atoms with E-state index in [2.05, 4.69) is 28.7 Å². The third-order valence-corrected chi connectivity index (χ3v) is 3.07. The smallest absolute Gasteiger partial charge is 0.111 e. The Bertz CT molecular complexity index is 356. The molecule has 1 N–H and O–H groups in total. The van der Waals surface area contributed by atoms with Crippen LogP contribution in [0.4, 0.5) is 0 Å². The lowest BCUT2D eigenvalue weighted by Crippen LogP contribution is -2.38. The summed E-state index contributed by atoms with van der Waals surface area (Å²) in [5.74, 6) is 0. The maximum atomic E-state index is 5.77. The summed E-state index contributed by atoms with van der Waals surface area (Å²) < 4.78 is 13.2. The van der Waals surface area contributed by atoms with Gasteiger partial charge < -0.3 is 19.4 Å². The zero-order chi connectivity index (χ0) is 12.3. The Morgan fingerprint density at radius 3 is 3.12 bits per heavy atom. The van der Waals surface area contributed by atoms with Crippen LogP contribution in [-0.4, -0.2) is 43.0 Å². The van der Waals surface area contributed by atoms with Crippen molar-refractivity contribution in [1.29, 1.82) is 0 Å². The van der Waals surface area contributed by atoms with E-state index in [1.807, 2.05) is 12.5 Å². The Hall–Kier alpha value is -0.910. The van der Waals surface area contributed by atoms with Gasteiger partial charge in [0.15, 0.2) is 0 Å². The minimum absolute atomic E-state index is 0.0855. The Morgan fingerprint density at radius 2 is 2.47 bits per heavy atom. The van der Waals surface area contributed by atoms with Gasteiger partial charge in [0.2, 0.25) is 0 Å². The first-order chi connectivity index (χ1) is 8.15. The highest BCUT2D eigenvalue weighted by Gasteiger charge is 2.27. The molecular formula is C12H21N3O2. The monoisotopic (exact) mass is 239 g/mol. The molecule has 1 aromatic heterocycles. The molecule has 2 rings (SSSR count). The molecule has 0 saturated carbocycles. The summed E-state index contributed by atoms with van der Waals surface area (Å²) in [7, 11) is 1.72. The van der Waals surface area contributed by atoms with Crippen molar-refractivity contribution in [3.8, 4) is 0 Å². The molecule has 0 aliphatic carbocycles. The third kappa shape index (κ3) is 2.68. The number of methoxy groups -OCH3 is 1. The van der Waals surface area contributed by atoms with Crippen molar-refractivity contribution in [1.82, 2.24) is 14.9 Å². The molecule has 5 heteroatoms. The van der Waals surface area contributed by atoms with Gasteiger partial charge in [0.05, 0.1) is 37.0 Å². The van der Waals surface area contributed by atoms with Crippen LogP contribution in [0.2, 0.25) is 0 Å². The number of ether oxygens (including phenoxy) is 2. The first-order valence-corrected chi connectivity index (χ1v) is 5.99. The zero-order valence-electron chi connectivity index (χ0n) is 10.8. The highest BCUT2D eigenvalue weighted by atomic mass is 16.5. The Labute approximate surface area is 102 Å². The number of aromatic nitrogens is 2. The van der Waals surface area contributed by atoms with Crippen LogP contribution >= 0.6 is 0 Å². The highest BCUT2D eigenvalue weighted by molar-refractivity contribution is 5.08. The van der Waals surface area contributed by atoms with Crippen molar-refractivity contribution in [3.63, 3.8) is 0 Å². The number of nitrogens with zero attached hydrogens (tertiary/aromatic N) is 2. The number of rotatable bonds is 4. The van der Waals surface area contributed by atoms with Crippen LogP contribution in [0.15, 0.2) is 12.5 Å². The molecular weight excluding hydrogens is 218 g/mol. The third-order valence-electron chi connectivity index (χ3n) is 3.07. The zero-order valence-corrected chi connectivity index (χ0v) is 10.8. The highest BCUT2D eigenvalue weighted by Crippen LogP contribution is 2.25. The van der Waals surface area contributed by atoms with Gasteiger partial charge in [-0.05, 0) is 13.8 Å². The van der Waals surface area contributed by atoms with Crippen LogP contribution in [0.1, 0.15) is 25.6 Å². The second-order valence-corrected chi connectivity index (χ2v) is 5.00. The predicted molar refractivity (Wildman–Crippen MR) is 65.0 cm³/mol. The lowest BCUT2D eigenvalue weighted by Gasteiger charge is -2.31. The summed E-state index contributed by atoms with van der Waals surface area (Å²) in [5.41, 5.74) is 1.00. The molecule has 0 spiro atoms. The summed E-state index contributed by atoms with van der Waals surface area (Å²) in [6, 6.07) is 0. The van der Waals surface area contributed by atoms with Crippen molar-refractivity contribution >= 4 is 0 Å². The van der Waals surface area contributed by atoms with Gasteiger partial charge in [-0.2, -0.15) is 0 Å². The van der Waals surface area contributed by atoms with E-state index in [0.29, 0.717) is 6.61 Å². The standard InChI is InChI=1S/C12H21N3O2/c1-12(2,8-16-3)15-9-14-6-10(15)11-7-13-4-5-17-11/h6,9,11,13H,4-5,7-8H2,1-3H3. The number of hydrogen-bond acceptors (Lipinski definition) is 4. The summed E-state index contributed by atoms with van der Waals surface area (Å²) >= 11 is 0. The molecule has 0 amide bonds. The normalized spacial score (nSPS) is 21.7. The van der Waals surface area contributed by atoms with E-state index in [4.69, 9.17) is 9.47 Å². The van der Waals surface area contributed by atoms with Gasteiger partial charge in [-0.3, -0.25) is 0 Å². The fraction of sp³-hybridized carbons (Fsp3) is 0.750. The molecule has 1 aromatic rings. The van der Waals surface area contributed by atoms with Crippen LogP contribution in [0.25, 0.3) is 0 Å². The molecule has 96 valence electrons. The average Bonchev–Trinajstić information content (AvgIpc) is 2.79. The number of morpholine rings is 1. The topological polar surface area (TPSA) is 48.3 Å². The van der Waals surface area contributed by atoms with E-state index in [0.717, 1.165) is 25.4 Å². The molecule has 5 nitrogen and oxygen atoms in total. The Balaban J connectivity index is 2.21. The molecule has 1 aliphatic rings. The maximum absolute atomic E-state index is 5.77. The second-order valence-electron chi connectivity index (χ2n) is 5.00. The maximum Gasteiger partial charge on any atom is 0.111 e. The molecule has 1 aliphatic heterocycles. The van der Waals surface area contributed by atoms with Crippen molar-refractivity contribution in [2.45, 2.75) is 25.5 Å². The lowest BCUT2D eigenvalue weighted by molar-refractivity contribution is 0.0169. The van der Waals surface area contributed by atoms with Crippen LogP contribution < -0.4 is 5.32 Å². The summed E-state index contributed by atoms with van der Waals surface area (Å²) in [5, 5.41) is 3.34. The SMILES string of the molecule is COCC(C)(C)n1cncc1C1CNCCO1. The van der Waals surface area contributed by atoms with Gasteiger partial charge in [0.25, 0.3) is 0 Å². The van der Waals surface area contributed by atoms with Crippen LogP contribution in [-0.2, 0) is 15.0 Å². The first-order valence-electron chi connectivity index (χ1n) is 5.99. The van der Waals surface area contributed by atoms with E-state index in [1.165, 1.54) is 0 Å².